The topological polar surface area (TPSA) is 20.3 Å². The Morgan fingerprint density at radius 1 is 1.56 bits per heavy atom. The van der Waals surface area contributed by atoms with Gasteiger partial charge in [-0.05, 0) is 37.0 Å². The van der Waals surface area contributed by atoms with E-state index in [2.05, 4.69) is 15.9 Å². The van der Waals surface area contributed by atoms with Crippen molar-refractivity contribution in [3.8, 4) is 0 Å². The molecule has 0 aliphatic carbocycles. The molecule has 1 fully saturated rings. The zero-order valence-corrected chi connectivity index (χ0v) is 12.2. The predicted molar refractivity (Wildman–Crippen MR) is 73.8 cm³/mol. The van der Waals surface area contributed by atoms with E-state index in [1.807, 2.05) is 0 Å². The fourth-order valence-corrected chi connectivity index (χ4v) is 2.90. The molecule has 18 heavy (non-hydrogen) atoms. The summed E-state index contributed by atoms with van der Waals surface area (Å²) >= 11 is 9.12. The van der Waals surface area contributed by atoms with E-state index in [1.54, 1.807) is 11.0 Å². The van der Waals surface area contributed by atoms with Gasteiger partial charge in [0.1, 0.15) is 5.82 Å². The molecule has 1 aliphatic heterocycles. The number of carbonyl (C=O) groups is 1. The van der Waals surface area contributed by atoms with Crippen molar-refractivity contribution in [1.29, 1.82) is 0 Å². The van der Waals surface area contributed by atoms with E-state index < -0.39 is 5.82 Å². The third-order valence-corrected chi connectivity index (χ3v) is 4.34. The van der Waals surface area contributed by atoms with Crippen LogP contribution in [-0.4, -0.2) is 29.2 Å². The van der Waals surface area contributed by atoms with Crippen LogP contribution in [0, 0.1) is 11.7 Å². The monoisotopic (exact) mass is 333 g/mol. The first-order valence-electron chi connectivity index (χ1n) is 5.92. The summed E-state index contributed by atoms with van der Waals surface area (Å²) in [5.41, 5.74) is 0.106. The highest BCUT2D eigenvalue weighted by molar-refractivity contribution is 9.09. The number of rotatable bonds is 2. The first-order valence-corrected chi connectivity index (χ1v) is 7.42. The van der Waals surface area contributed by atoms with Crippen LogP contribution in [0.4, 0.5) is 4.39 Å². The average Bonchev–Trinajstić information content (AvgIpc) is 2.38. The predicted octanol–water partition coefficient (Wildman–Crippen LogP) is 3.73. The summed E-state index contributed by atoms with van der Waals surface area (Å²) in [6.07, 6.45) is 2.08. The molecule has 5 heteroatoms. The molecule has 1 unspecified atom stereocenters. The zero-order chi connectivity index (χ0) is 13.1. The second-order valence-electron chi connectivity index (χ2n) is 4.54. The molecule has 1 aromatic carbocycles. The van der Waals surface area contributed by atoms with Gasteiger partial charge < -0.3 is 4.90 Å². The zero-order valence-electron chi connectivity index (χ0n) is 9.83. The number of alkyl halides is 1. The summed E-state index contributed by atoms with van der Waals surface area (Å²) in [6, 6.07) is 4.18. The molecule has 0 bridgehead atoms. The van der Waals surface area contributed by atoms with Crippen molar-refractivity contribution in [2.75, 3.05) is 18.4 Å². The maximum atomic E-state index is 13.7. The van der Waals surface area contributed by atoms with Crippen LogP contribution in [0.5, 0.6) is 0 Å². The molecular weight excluding hydrogens is 321 g/mol. The lowest BCUT2D eigenvalue weighted by Gasteiger charge is -2.32. The normalized spacial score (nSPS) is 19.9. The second-order valence-corrected chi connectivity index (χ2v) is 5.62. The number of hydrogen-bond donors (Lipinski definition) is 0. The minimum absolute atomic E-state index is 0.106. The van der Waals surface area contributed by atoms with Gasteiger partial charge in [0, 0.05) is 23.4 Å². The third kappa shape index (κ3) is 3.04. The number of amides is 1. The SMILES string of the molecule is O=C(c1ccc(Cl)cc1F)N1CCCC(CBr)C1. The maximum Gasteiger partial charge on any atom is 0.256 e. The van der Waals surface area contributed by atoms with Crippen LogP contribution in [-0.2, 0) is 0 Å². The summed E-state index contributed by atoms with van der Waals surface area (Å²) in [4.78, 5) is 13.9. The summed E-state index contributed by atoms with van der Waals surface area (Å²) in [7, 11) is 0. The Balaban J connectivity index is 2.15. The Labute approximate surface area is 119 Å². The Hall–Kier alpha value is -0.610. The van der Waals surface area contributed by atoms with Gasteiger partial charge in [0.2, 0.25) is 0 Å². The van der Waals surface area contributed by atoms with Crippen molar-refractivity contribution in [3.05, 3.63) is 34.6 Å². The van der Waals surface area contributed by atoms with E-state index >= 15 is 0 Å². The maximum absolute atomic E-state index is 13.7. The highest BCUT2D eigenvalue weighted by atomic mass is 79.9. The fraction of sp³-hybridized carbons (Fsp3) is 0.462. The van der Waals surface area contributed by atoms with Gasteiger partial charge in [0.25, 0.3) is 5.91 Å². The van der Waals surface area contributed by atoms with Crippen molar-refractivity contribution >= 4 is 33.4 Å². The van der Waals surface area contributed by atoms with Gasteiger partial charge in [-0.1, -0.05) is 27.5 Å². The summed E-state index contributed by atoms with van der Waals surface area (Å²) in [5, 5.41) is 1.18. The first-order chi connectivity index (χ1) is 8.61. The van der Waals surface area contributed by atoms with Gasteiger partial charge in [-0.3, -0.25) is 4.79 Å². The quantitative estimate of drug-likeness (QED) is 0.755. The van der Waals surface area contributed by atoms with Gasteiger partial charge in [-0.25, -0.2) is 4.39 Å². The van der Waals surface area contributed by atoms with E-state index in [-0.39, 0.29) is 11.5 Å². The third-order valence-electron chi connectivity index (χ3n) is 3.19. The van der Waals surface area contributed by atoms with Crippen LogP contribution in [0.1, 0.15) is 23.2 Å². The fourth-order valence-electron chi connectivity index (χ4n) is 2.21. The Morgan fingerprint density at radius 2 is 2.33 bits per heavy atom. The van der Waals surface area contributed by atoms with Crippen LogP contribution in [0.25, 0.3) is 0 Å². The second kappa shape index (κ2) is 6.02. The van der Waals surface area contributed by atoms with Crippen LogP contribution in [0.15, 0.2) is 18.2 Å². The highest BCUT2D eigenvalue weighted by Crippen LogP contribution is 2.22. The number of hydrogen-bond acceptors (Lipinski definition) is 1. The van der Waals surface area contributed by atoms with Crippen molar-refractivity contribution < 1.29 is 9.18 Å². The van der Waals surface area contributed by atoms with Crippen molar-refractivity contribution in [1.82, 2.24) is 4.90 Å². The van der Waals surface area contributed by atoms with E-state index in [9.17, 15) is 9.18 Å². The minimum atomic E-state index is -0.548. The molecule has 2 nitrogen and oxygen atoms in total. The molecule has 2 rings (SSSR count). The largest absolute Gasteiger partial charge is 0.338 e. The molecule has 0 radical (unpaired) electrons. The van der Waals surface area contributed by atoms with E-state index in [0.29, 0.717) is 24.0 Å². The molecule has 1 saturated heterocycles. The summed E-state index contributed by atoms with van der Waals surface area (Å²) in [6.45, 7) is 1.39. The summed E-state index contributed by atoms with van der Waals surface area (Å²) in [5.74, 6) is -0.332. The van der Waals surface area contributed by atoms with Crippen LogP contribution in [0.2, 0.25) is 5.02 Å². The Morgan fingerprint density at radius 3 is 3.00 bits per heavy atom. The highest BCUT2D eigenvalue weighted by Gasteiger charge is 2.25. The molecule has 98 valence electrons. The number of likely N-dealkylation sites (tertiary alicyclic amines) is 1. The summed E-state index contributed by atoms with van der Waals surface area (Å²) < 4.78 is 13.7. The Bertz CT molecular complexity index is 455. The van der Waals surface area contributed by atoms with Crippen molar-refractivity contribution in [2.45, 2.75) is 12.8 Å². The van der Waals surface area contributed by atoms with E-state index in [4.69, 9.17) is 11.6 Å². The van der Waals surface area contributed by atoms with Crippen LogP contribution in [0.3, 0.4) is 0 Å². The van der Waals surface area contributed by atoms with Gasteiger partial charge >= 0.3 is 0 Å². The molecule has 1 aromatic rings. The lowest BCUT2D eigenvalue weighted by molar-refractivity contribution is 0.0681. The number of benzene rings is 1. The average molecular weight is 335 g/mol. The van der Waals surface area contributed by atoms with Crippen LogP contribution >= 0.6 is 27.5 Å². The smallest absolute Gasteiger partial charge is 0.256 e. The van der Waals surface area contributed by atoms with Gasteiger partial charge in [-0.15, -0.1) is 0 Å². The Kier molecular flexibility index (Phi) is 4.62. The van der Waals surface area contributed by atoms with Crippen LogP contribution < -0.4 is 0 Å². The molecule has 1 aliphatic rings. The van der Waals surface area contributed by atoms with Crippen molar-refractivity contribution in [2.24, 2.45) is 5.92 Å². The van der Waals surface area contributed by atoms with Gasteiger partial charge in [0.05, 0.1) is 5.56 Å². The molecule has 1 amide bonds. The molecule has 1 atom stereocenters. The van der Waals surface area contributed by atoms with Gasteiger partial charge in [0.15, 0.2) is 0 Å². The number of carbonyl (C=O) groups excluding carboxylic acids is 1. The van der Waals surface area contributed by atoms with Crippen molar-refractivity contribution in [3.63, 3.8) is 0 Å². The molecule has 1 heterocycles. The van der Waals surface area contributed by atoms with E-state index in [1.165, 1.54) is 12.1 Å². The lowest BCUT2D eigenvalue weighted by atomic mass is 9.99. The molecule has 0 N–H and O–H groups in total. The molecular formula is C13H14BrClFNO. The molecule has 0 spiro atoms. The minimum Gasteiger partial charge on any atom is -0.338 e. The standard InChI is InChI=1S/C13H14BrClFNO/c14-7-9-2-1-5-17(8-9)13(18)11-4-3-10(15)6-12(11)16/h3-4,6,9H,1-2,5,7-8H2. The molecule has 0 aromatic heterocycles. The molecule has 0 saturated carbocycles. The lowest BCUT2D eigenvalue weighted by Crippen LogP contribution is -2.40. The van der Waals surface area contributed by atoms with E-state index in [0.717, 1.165) is 18.2 Å². The van der Waals surface area contributed by atoms with Gasteiger partial charge in [-0.2, -0.15) is 0 Å². The number of nitrogens with zero attached hydrogens (tertiary/aromatic N) is 1. The first kappa shape index (κ1) is 13.8. The number of piperidine rings is 1. The number of halogens is 3.